The SMILES string of the molecule is CSc1ccc(NC(=O)c2cn(Cc3cccc(F)c3)n(-c3ccc(Cl)cc3Cl)c2=O)cc1. The number of hydrogen-bond donors (Lipinski definition) is 1. The molecule has 1 heterocycles. The Labute approximate surface area is 203 Å². The molecule has 0 aliphatic carbocycles. The van der Waals surface area contributed by atoms with E-state index in [2.05, 4.69) is 5.32 Å². The number of nitrogens with one attached hydrogen (secondary N) is 1. The van der Waals surface area contributed by atoms with E-state index in [0.29, 0.717) is 22.0 Å². The van der Waals surface area contributed by atoms with Crippen molar-refractivity contribution in [2.24, 2.45) is 0 Å². The molecular weight excluding hydrogens is 484 g/mol. The normalized spacial score (nSPS) is 10.9. The van der Waals surface area contributed by atoms with Crippen molar-refractivity contribution in [3.05, 3.63) is 110 Å². The van der Waals surface area contributed by atoms with Gasteiger partial charge in [0.1, 0.15) is 11.4 Å². The molecule has 168 valence electrons. The fourth-order valence-electron chi connectivity index (χ4n) is 3.36. The number of rotatable bonds is 6. The average molecular weight is 502 g/mol. The minimum atomic E-state index is -0.561. The average Bonchev–Trinajstić information content (AvgIpc) is 3.10. The van der Waals surface area contributed by atoms with E-state index in [9.17, 15) is 14.0 Å². The van der Waals surface area contributed by atoms with Crippen molar-refractivity contribution in [3.8, 4) is 5.69 Å². The van der Waals surface area contributed by atoms with Crippen LogP contribution in [0.15, 0.2) is 82.6 Å². The number of anilines is 1. The predicted octanol–water partition coefficient (Wildman–Crippen LogP) is 6.11. The Morgan fingerprint density at radius 2 is 1.82 bits per heavy atom. The highest BCUT2D eigenvalue weighted by atomic mass is 35.5. The summed E-state index contributed by atoms with van der Waals surface area (Å²) >= 11 is 14.0. The zero-order valence-electron chi connectivity index (χ0n) is 17.4. The molecule has 0 atom stereocenters. The number of hydrogen-bond acceptors (Lipinski definition) is 3. The molecule has 0 bridgehead atoms. The second kappa shape index (κ2) is 9.87. The fraction of sp³-hybridized carbons (Fsp3) is 0.0833. The first-order valence-electron chi connectivity index (χ1n) is 9.83. The molecule has 0 saturated carbocycles. The number of carbonyl (C=O) groups is 1. The van der Waals surface area contributed by atoms with Gasteiger partial charge in [-0.25, -0.2) is 9.07 Å². The van der Waals surface area contributed by atoms with E-state index < -0.39 is 17.3 Å². The van der Waals surface area contributed by atoms with Crippen LogP contribution in [0.5, 0.6) is 0 Å². The molecule has 4 aromatic rings. The topological polar surface area (TPSA) is 56.0 Å². The Morgan fingerprint density at radius 3 is 2.48 bits per heavy atom. The van der Waals surface area contributed by atoms with E-state index in [-0.39, 0.29) is 17.1 Å². The molecule has 9 heteroatoms. The highest BCUT2D eigenvalue weighted by molar-refractivity contribution is 7.98. The summed E-state index contributed by atoms with van der Waals surface area (Å²) in [6, 6.07) is 18.0. The van der Waals surface area contributed by atoms with Crippen LogP contribution in [0.2, 0.25) is 10.0 Å². The molecule has 5 nitrogen and oxygen atoms in total. The fourth-order valence-corrected chi connectivity index (χ4v) is 4.26. The van der Waals surface area contributed by atoms with Gasteiger partial charge in [0.2, 0.25) is 0 Å². The van der Waals surface area contributed by atoms with Crippen LogP contribution in [0.4, 0.5) is 10.1 Å². The quantitative estimate of drug-likeness (QED) is 0.324. The van der Waals surface area contributed by atoms with Crippen molar-refractivity contribution in [1.29, 1.82) is 0 Å². The van der Waals surface area contributed by atoms with Crippen LogP contribution in [-0.2, 0) is 6.54 Å². The molecule has 1 aromatic heterocycles. The van der Waals surface area contributed by atoms with E-state index in [1.807, 2.05) is 18.4 Å². The Kier molecular flexibility index (Phi) is 6.93. The van der Waals surface area contributed by atoms with Gasteiger partial charge in [-0.15, -0.1) is 11.8 Å². The minimum absolute atomic E-state index is 0.0774. The van der Waals surface area contributed by atoms with Crippen LogP contribution < -0.4 is 10.9 Å². The van der Waals surface area contributed by atoms with Crippen molar-refractivity contribution < 1.29 is 9.18 Å². The summed E-state index contributed by atoms with van der Waals surface area (Å²) < 4.78 is 16.5. The molecule has 0 spiro atoms. The van der Waals surface area contributed by atoms with Crippen molar-refractivity contribution in [3.63, 3.8) is 0 Å². The maximum atomic E-state index is 13.7. The summed E-state index contributed by atoms with van der Waals surface area (Å²) in [6.45, 7) is 0.141. The van der Waals surface area contributed by atoms with Crippen molar-refractivity contribution in [2.75, 3.05) is 11.6 Å². The van der Waals surface area contributed by atoms with E-state index in [4.69, 9.17) is 23.2 Å². The highest BCUT2D eigenvalue weighted by Crippen LogP contribution is 2.24. The molecule has 0 aliphatic heterocycles. The van der Waals surface area contributed by atoms with Gasteiger partial charge >= 0.3 is 0 Å². The van der Waals surface area contributed by atoms with Crippen molar-refractivity contribution >= 4 is 46.6 Å². The molecule has 0 unspecified atom stereocenters. The Morgan fingerprint density at radius 1 is 1.06 bits per heavy atom. The van der Waals surface area contributed by atoms with E-state index in [1.54, 1.807) is 48.2 Å². The second-order valence-electron chi connectivity index (χ2n) is 7.17. The van der Waals surface area contributed by atoms with Crippen LogP contribution in [-0.4, -0.2) is 21.5 Å². The first-order chi connectivity index (χ1) is 15.9. The van der Waals surface area contributed by atoms with Gasteiger partial charge in [0.05, 0.1) is 17.3 Å². The molecule has 0 fully saturated rings. The molecular formula is C24H18Cl2FN3O2S. The number of carbonyl (C=O) groups excluding carboxylic acids is 1. The third kappa shape index (κ3) is 5.16. The molecule has 1 N–H and O–H groups in total. The van der Waals surface area contributed by atoms with E-state index >= 15 is 0 Å². The molecule has 1 amide bonds. The third-order valence-electron chi connectivity index (χ3n) is 4.92. The lowest BCUT2D eigenvalue weighted by atomic mass is 10.2. The number of thioether (sulfide) groups is 1. The van der Waals surface area contributed by atoms with Gasteiger partial charge in [0.15, 0.2) is 0 Å². The third-order valence-corrected chi connectivity index (χ3v) is 6.20. The van der Waals surface area contributed by atoms with Crippen LogP contribution in [0, 0.1) is 5.82 Å². The minimum Gasteiger partial charge on any atom is -0.322 e. The molecule has 0 radical (unpaired) electrons. The lowest BCUT2D eigenvalue weighted by Crippen LogP contribution is -2.26. The summed E-state index contributed by atoms with van der Waals surface area (Å²) in [6.07, 6.45) is 3.39. The van der Waals surface area contributed by atoms with Crippen LogP contribution >= 0.6 is 35.0 Å². The van der Waals surface area contributed by atoms with Gasteiger partial charge in [0, 0.05) is 21.8 Å². The summed E-state index contributed by atoms with van der Waals surface area (Å²) in [4.78, 5) is 27.4. The lowest BCUT2D eigenvalue weighted by Gasteiger charge is -2.13. The molecule has 33 heavy (non-hydrogen) atoms. The van der Waals surface area contributed by atoms with Crippen LogP contribution in [0.1, 0.15) is 15.9 Å². The molecule has 4 rings (SSSR count). The van der Waals surface area contributed by atoms with E-state index in [0.717, 1.165) is 4.90 Å². The van der Waals surface area contributed by atoms with Gasteiger partial charge in [-0.05, 0) is 66.4 Å². The first kappa shape index (κ1) is 23.2. The van der Waals surface area contributed by atoms with Gasteiger partial charge in [-0.1, -0.05) is 35.3 Å². The Hall–Kier alpha value is -3.00. The number of amides is 1. The largest absolute Gasteiger partial charge is 0.322 e. The van der Waals surface area contributed by atoms with E-state index in [1.165, 1.54) is 33.8 Å². The zero-order chi connectivity index (χ0) is 23.5. The van der Waals surface area contributed by atoms with Gasteiger partial charge in [0.25, 0.3) is 11.5 Å². The Bertz CT molecular complexity index is 1380. The first-order valence-corrected chi connectivity index (χ1v) is 11.8. The standard InChI is InChI=1S/C24H18Cl2FN3O2S/c1-33-19-8-6-18(7-9-19)28-23(31)20-14-29(13-15-3-2-4-17(27)11-15)30(24(20)32)22-10-5-16(25)12-21(22)26/h2-12,14H,13H2,1H3,(H,28,31). The van der Waals surface area contributed by atoms with Crippen molar-refractivity contribution in [2.45, 2.75) is 11.4 Å². The lowest BCUT2D eigenvalue weighted by molar-refractivity contribution is 0.102. The maximum absolute atomic E-state index is 13.7. The summed E-state index contributed by atoms with van der Waals surface area (Å²) in [7, 11) is 0. The number of nitrogens with zero attached hydrogens (tertiary/aromatic N) is 2. The predicted molar refractivity (Wildman–Crippen MR) is 132 cm³/mol. The highest BCUT2D eigenvalue weighted by Gasteiger charge is 2.21. The van der Waals surface area contributed by atoms with Crippen LogP contribution in [0.3, 0.4) is 0 Å². The summed E-state index contributed by atoms with van der Waals surface area (Å²) in [5.74, 6) is -0.960. The monoisotopic (exact) mass is 501 g/mol. The summed E-state index contributed by atoms with van der Waals surface area (Å²) in [5.41, 5.74) is 0.890. The van der Waals surface area contributed by atoms with Gasteiger partial charge < -0.3 is 5.32 Å². The zero-order valence-corrected chi connectivity index (χ0v) is 19.7. The summed E-state index contributed by atoms with van der Waals surface area (Å²) in [5, 5.41) is 3.40. The smallest absolute Gasteiger partial charge is 0.284 e. The molecule has 3 aromatic carbocycles. The number of aromatic nitrogens is 2. The van der Waals surface area contributed by atoms with Gasteiger partial charge in [-0.2, -0.15) is 0 Å². The maximum Gasteiger partial charge on any atom is 0.284 e. The Balaban J connectivity index is 1.76. The second-order valence-corrected chi connectivity index (χ2v) is 8.89. The van der Waals surface area contributed by atoms with Crippen molar-refractivity contribution in [1.82, 2.24) is 9.36 Å². The number of halogens is 3. The molecule has 0 aliphatic rings. The molecule has 0 saturated heterocycles. The van der Waals surface area contributed by atoms with Crippen LogP contribution in [0.25, 0.3) is 5.69 Å². The number of benzene rings is 3. The van der Waals surface area contributed by atoms with Gasteiger partial charge in [-0.3, -0.25) is 14.3 Å².